The zero-order valence-electron chi connectivity index (χ0n) is 11.8. The van der Waals surface area contributed by atoms with Crippen LogP contribution in [0.15, 0.2) is 28.7 Å². The van der Waals surface area contributed by atoms with Gasteiger partial charge in [0.05, 0.1) is 12.0 Å². The second-order valence-corrected chi connectivity index (χ2v) is 6.70. The minimum atomic E-state index is -0.0598. The fraction of sp³-hybridized carbons (Fsp3) is 0.500. The van der Waals surface area contributed by atoms with Gasteiger partial charge in [0, 0.05) is 24.0 Å². The number of nitrogens with zero attached hydrogens (tertiary/aromatic N) is 1. The Balaban J connectivity index is 1.74. The zero-order chi connectivity index (χ0) is 14.8. The van der Waals surface area contributed by atoms with E-state index in [1.165, 1.54) is 5.56 Å². The van der Waals surface area contributed by atoms with Crippen molar-refractivity contribution in [3.63, 3.8) is 0 Å². The molecule has 2 amide bonds. The van der Waals surface area contributed by atoms with Gasteiger partial charge >= 0.3 is 0 Å². The highest BCUT2D eigenvalue weighted by molar-refractivity contribution is 9.10. The summed E-state index contributed by atoms with van der Waals surface area (Å²) in [5.41, 5.74) is 1.19. The molecule has 0 aromatic heterocycles. The Morgan fingerprint density at radius 2 is 2.19 bits per heavy atom. The smallest absolute Gasteiger partial charge is 0.227 e. The van der Waals surface area contributed by atoms with Gasteiger partial charge in [0.25, 0.3) is 0 Å². The topological polar surface area (TPSA) is 49.4 Å². The summed E-state index contributed by atoms with van der Waals surface area (Å²) >= 11 is 3.50. The second kappa shape index (κ2) is 6.18. The van der Waals surface area contributed by atoms with Gasteiger partial charge < -0.3 is 10.2 Å². The van der Waals surface area contributed by atoms with Crippen molar-refractivity contribution in [1.29, 1.82) is 0 Å². The van der Waals surface area contributed by atoms with Crippen molar-refractivity contribution >= 4 is 27.7 Å². The Labute approximate surface area is 133 Å². The summed E-state index contributed by atoms with van der Waals surface area (Å²) in [6.45, 7) is 1.31. The van der Waals surface area contributed by atoms with E-state index in [0.717, 1.165) is 23.9 Å². The first kappa shape index (κ1) is 14.6. The minimum absolute atomic E-state index is 0.0593. The average molecular weight is 351 g/mol. The lowest BCUT2D eigenvalue weighted by atomic mass is 9.96. The second-order valence-electron chi connectivity index (χ2n) is 5.78. The molecule has 2 aliphatic rings. The molecule has 2 unspecified atom stereocenters. The molecule has 0 saturated carbocycles. The number of benzene rings is 1. The summed E-state index contributed by atoms with van der Waals surface area (Å²) in [6, 6.07) is 8.37. The summed E-state index contributed by atoms with van der Waals surface area (Å²) in [7, 11) is 0. The van der Waals surface area contributed by atoms with Gasteiger partial charge in [0.1, 0.15) is 0 Å². The maximum atomic E-state index is 12.7. The first-order chi connectivity index (χ1) is 10.1. The van der Waals surface area contributed by atoms with Crippen molar-refractivity contribution in [1.82, 2.24) is 10.2 Å². The number of rotatable bonds is 2. The van der Waals surface area contributed by atoms with E-state index in [0.29, 0.717) is 19.4 Å². The fourth-order valence-electron chi connectivity index (χ4n) is 3.27. The van der Waals surface area contributed by atoms with E-state index in [9.17, 15) is 9.59 Å². The molecule has 21 heavy (non-hydrogen) atoms. The molecule has 0 aliphatic carbocycles. The SMILES string of the molecule is O=C1CCC(C(=O)N2CCCC2c2cccc(Br)c2)CN1. The van der Waals surface area contributed by atoms with E-state index in [1.54, 1.807) is 0 Å². The Morgan fingerprint density at radius 3 is 2.90 bits per heavy atom. The molecule has 0 radical (unpaired) electrons. The van der Waals surface area contributed by atoms with Crippen LogP contribution in [0, 0.1) is 5.92 Å². The maximum absolute atomic E-state index is 12.7. The van der Waals surface area contributed by atoms with Gasteiger partial charge in [-0.1, -0.05) is 28.1 Å². The molecule has 2 heterocycles. The van der Waals surface area contributed by atoms with Crippen LogP contribution in [0.25, 0.3) is 0 Å². The van der Waals surface area contributed by atoms with E-state index < -0.39 is 0 Å². The predicted molar refractivity (Wildman–Crippen MR) is 83.6 cm³/mol. The number of nitrogens with one attached hydrogen (secondary N) is 1. The summed E-state index contributed by atoms with van der Waals surface area (Å²) < 4.78 is 1.05. The largest absolute Gasteiger partial charge is 0.355 e. The molecule has 1 aromatic carbocycles. The van der Waals surface area contributed by atoms with Crippen LogP contribution in [0.1, 0.15) is 37.3 Å². The van der Waals surface area contributed by atoms with Gasteiger partial charge in [-0.3, -0.25) is 9.59 Å². The van der Waals surface area contributed by atoms with Crippen LogP contribution in [0.4, 0.5) is 0 Å². The Hall–Kier alpha value is -1.36. The monoisotopic (exact) mass is 350 g/mol. The third-order valence-electron chi connectivity index (χ3n) is 4.38. The van der Waals surface area contributed by atoms with Gasteiger partial charge in [0.2, 0.25) is 11.8 Å². The maximum Gasteiger partial charge on any atom is 0.227 e. The van der Waals surface area contributed by atoms with E-state index >= 15 is 0 Å². The minimum Gasteiger partial charge on any atom is -0.355 e. The average Bonchev–Trinajstić information content (AvgIpc) is 2.97. The number of hydrogen-bond donors (Lipinski definition) is 1. The third kappa shape index (κ3) is 3.12. The first-order valence-corrected chi connectivity index (χ1v) is 8.27. The van der Waals surface area contributed by atoms with Crippen LogP contribution >= 0.6 is 15.9 Å². The molecule has 2 saturated heterocycles. The van der Waals surface area contributed by atoms with Crippen molar-refractivity contribution < 1.29 is 9.59 Å². The quantitative estimate of drug-likeness (QED) is 0.891. The summed E-state index contributed by atoms with van der Waals surface area (Å²) in [5, 5.41) is 2.81. The van der Waals surface area contributed by atoms with Crippen molar-refractivity contribution in [2.24, 2.45) is 5.92 Å². The number of carbonyl (C=O) groups excluding carboxylic acids is 2. The lowest BCUT2D eigenvalue weighted by Crippen LogP contribution is -2.44. The van der Waals surface area contributed by atoms with Gasteiger partial charge in [-0.05, 0) is 37.0 Å². The molecule has 2 aliphatic heterocycles. The number of amides is 2. The molecular weight excluding hydrogens is 332 g/mol. The molecule has 3 rings (SSSR count). The molecule has 0 bridgehead atoms. The number of piperidine rings is 1. The molecule has 1 aromatic rings. The molecule has 0 spiro atoms. The summed E-state index contributed by atoms with van der Waals surface area (Å²) in [5.74, 6) is 0.192. The number of likely N-dealkylation sites (tertiary alicyclic amines) is 1. The Morgan fingerprint density at radius 1 is 1.33 bits per heavy atom. The van der Waals surface area contributed by atoms with Gasteiger partial charge in [-0.15, -0.1) is 0 Å². The van der Waals surface area contributed by atoms with E-state index in [2.05, 4.69) is 33.4 Å². The lowest BCUT2D eigenvalue weighted by molar-refractivity contribution is -0.138. The van der Waals surface area contributed by atoms with Crippen LogP contribution in [0.2, 0.25) is 0 Å². The molecule has 4 nitrogen and oxygen atoms in total. The van der Waals surface area contributed by atoms with Gasteiger partial charge in [-0.25, -0.2) is 0 Å². The van der Waals surface area contributed by atoms with E-state index in [1.807, 2.05) is 17.0 Å². The summed E-state index contributed by atoms with van der Waals surface area (Å²) in [4.78, 5) is 26.0. The van der Waals surface area contributed by atoms with Crippen molar-refractivity contribution in [2.45, 2.75) is 31.7 Å². The molecule has 5 heteroatoms. The molecule has 2 atom stereocenters. The van der Waals surface area contributed by atoms with Crippen molar-refractivity contribution in [3.05, 3.63) is 34.3 Å². The van der Waals surface area contributed by atoms with Crippen molar-refractivity contribution in [2.75, 3.05) is 13.1 Å². The molecule has 2 fully saturated rings. The normalized spacial score (nSPS) is 25.8. The Kier molecular flexibility index (Phi) is 4.29. The highest BCUT2D eigenvalue weighted by atomic mass is 79.9. The van der Waals surface area contributed by atoms with Crippen LogP contribution in [-0.4, -0.2) is 29.8 Å². The number of hydrogen-bond acceptors (Lipinski definition) is 2. The molecular formula is C16H19BrN2O2. The molecule has 1 N–H and O–H groups in total. The first-order valence-electron chi connectivity index (χ1n) is 7.48. The highest BCUT2D eigenvalue weighted by Gasteiger charge is 2.35. The molecule has 112 valence electrons. The van der Waals surface area contributed by atoms with Crippen LogP contribution in [0.5, 0.6) is 0 Å². The lowest BCUT2D eigenvalue weighted by Gasteiger charge is -2.31. The van der Waals surface area contributed by atoms with Crippen LogP contribution in [0.3, 0.4) is 0 Å². The summed E-state index contributed by atoms with van der Waals surface area (Å²) in [6.07, 6.45) is 3.20. The predicted octanol–water partition coefficient (Wildman–Crippen LogP) is 2.64. The van der Waals surface area contributed by atoms with Gasteiger partial charge in [0.15, 0.2) is 0 Å². The number of halogens is 1. The third-order valence-corrected chi connectivity index (χ3v) is 4.88. The standard InChI is InChI=1S/C16H19BrN2O2/c17-13-4-1-3-11(9-13)14-5-2-8-19(14)16(21)12-6-7-15(20)18-10-12/h1,3-4,9,12,14H,2,5-8,10H2,(H,18,20). The highest BCUT2D eigenvalue weighted by Crippen LogP contribution is 2.34. The fourth-order valence-corrected chi connectivity index (χ4v) is 3.69. The van der Waals surface area contributed by atoms with Crippen LogP contribution < -0.4 is 5.32 Å². The van der Waals surface area contributed by atoms with Crippen molar-refractivity contribution in [3.8, 4) is 0 Å². The number of carbonyl (C=O) groups is 2. The van der Waals surface area contributed by atoms with Crippen LogP contribution in [-0.2, 0) is 9.59 Å². The van der Waals surface area contributed by atoms with E-state index in [-0.39, 0.29) is 23.8 Å². The van der Waals surface area contributed by atoms with Gasteiger partial charge in [-0.2, -0.15) is 0 Å². The van der Waals surface area contributed by atoms with E-state index in [4.69, 9.17) is 0 Å². The zero-order valence-corrected chi connectivity index (χ0v) is 13.4. The Bertz CT molecular complexity index is 551.